The zero-order chi connectivity index (χ0) is 20.5. The van der Waals surface area contributed by atoms with Crippen molar-refractivity contribution < 1.29 is 36.0 Å². The number of carbonyl (C=O) groups excluding carboxylic acids is 1. The highest BCUT2D eigenvalue weighted by atomic mass is 35.5. The Hall–Kier alpha value is -2.89. The minimum atomic E-state index is -0.674. The van der Waals surface area contributed by atoms with Crippen molar-refractivity contribution in [3.8, 4) is 11.5 Å². The van der Waals surface area contributed by atoms with Crippen molar-refractivity contribution in [3.63, 3.8) is 0 Å². The molecule has 1 aliphatic heterocycles. The van der Waals surface area contributed by atoms with Gasteiger partial charge in [-0.05, 0) is 33.1 Å². The van der Waals surface area contributed by atoms with E-state index in [0.717, 1.165) is 11.2 Å². The Morgan fingerprint density at radius 2 is 1.97 bits per heavy atom. The van der Waals surface area contributed by atoms with E-state index in [2.05, 4.69) is 4.98 Å². The first-order valence-electron chi connectivity index (χ1n) is 8.83. The highest BCUT2D eigenvalue weighted by Gasteiger charge is 2.26. The van der Waals surface area contributed by atoms with Gasteiger partial charge in [-0.15, -0.1) is 0 Å². The van der Waals surface area contributed by atoms with Crippen LogP contribution in [0.15, 0.2) is 28.7 Å². The van der Waals surface area contributed by atoms with Crippen LogP contribution in [0.3, 0.4) is 0 Å². The Kier molecular flexibility index (Phi) is 6.44. The Morgan fingerprint density at radius 3 is 2.63 bits per heavy atom. The SMILES string of the molecule is CN(C)CCCN(C(=O)c1ccc([N+](=O)[O-])o1)c1nc2cc3c(cc2s1)OCO3.[Cl-]. The van der Waals surface area contributed by atoms with Gasteiger partial charge in [-0.25, -0.2) is 4.98 Å². The van der Waals surface area contributed by atoms with Crippen LogP contribution in [0, 0.1) is 10.1 Å². The number of benzene rings is 1. The van der Waals surface area contributed by atoms with Crippen LogP contribution in [0.25, 0.3) is 10.2 Å². The molecule has 2 aromatic heterocycles. The molecule has 0 spiro atoms. The smallest absolute Gasteiger partial charge is 0.433 e. The molecule has 1 amide bonds. The summed E-state index contributed by atoms with van der Waals surface area (Å²) in [5.41, 5.74) is 0.685. The molecular weight excluding hydrogens is 436 g/mol. The molecule has 0 atom stereocenters. The third kappa shape index (κ3) is 4.32. The van der Waals surface area contributed by atoms with E-state index < -0.39 is 16.7 Å². The molecule has 0 radical (unpaired) electrons. The lowest BCUT2D eigenvalue weighted by atomic mass is 10.3. The number of ether oxygens (including phenoxy) is 2. The van der Waals surface area contributed by atoms with E-state index in [1.807, 2.05) is 25.1 Å². The number of hydrogen-bond donors (Lipinski definition) is 0. The predicted octanol–water partition coefficient (Wildman–Crippen LogP) is 0.129. The molecule has 160 valence electrons. The number of fused-ring (bicyclic) bond motifs is 2. The van der Waals surface area contributed by atoms with Gasteiger partial charge < -0.3 is 31.2 Å². The van der Waals surface area contributed by atoms with Crippen molar-refractivity contribution in [3.05, 3.63) is 40.1 Å². The number of rotatable bonds is 7. The van der Waals surface area contributed by atoms with Gasteiger partial charge in [0.15, 0.2) is 22.4 Å². The van der Waals surface area contributed by atoms with Crippen LogP contribution in [-0.4, -0.2) is 54.7 Å². The minimum Gasteiger partial charge on any atom is -1.00 e. The average Bonchev–Trinajstić information content (AvgIpc) is 3.40. The predicted molar refractivity (Wildman–Crippen MR) is 106 cm³/mol. The largest absolute Gasteiger partial charge is 1.00 e. The number of halogens is 1. The lowest BCUT2D eigenvalue weighted by Gasteiger charge is -2.19. The highest BCUT2D eigenvalue weighted by molar-refractivity contribution is 7.22. The van der Waals surface area contributed by atoms with E-state index >= 15 is 0 Å². The lowest BCUT2D eigenvalue weighted by molar-refractivity contribution is -0.402. The van der Waals surface area contributed by atoms with E-state index in [4.69, 9.17) is 13.9 Å². The fraction of sp³-hybridized carbons (Fsp3) is 0.333. The maximum atomic E-state index is 13.0. The van der Waals surface area contributed by atoms with Gasteiger partial charge in [-0.2, -0.15) is 0 Å². The van der Waals surface area contributed by atoms with Crippen LogP contribution >= 0.6 is 11.3 Å². The van der Waals surface area contributed by atoms with E-state index in [-0.39, 0.29) is 25.0 Å². The van der Waals surface area contributed by atoms with Gasteiger partial charge in [0.05, 0.1) is 16.3 Å². The number of nitro groups is 1. The second kappa shape index (κ2) is 8.86. The molecule has 1 aromatic carbocycles. The maximum absolute atomic E-state index is 13.0. The molecular formula is C18H18ClN4O6S-. The molecule has 30 heavy (non-hydrogen) atoms. The Bertz CT molecular complexity index is 1040. The van der Waals surface area contributed by atoms with Gasteiger partial charge in [-0.3, -0.25) is 19.8 Å². The normalized spacial score (nSPS) is 12.2. The molecule has 0 fully saturated rings. The number of amides is 1. The molecule has 0 saturated heterocycles. The number of nitrogens with zero attached hydrogens (tertiary/aromatic N) is 4. The Balaban J connectivity index is 0.00000256. The van der Waals surface area contributed by atoms with Crippen LogP contribution in [0.1, 0.15) is 17.0 Å². The van der Waals surface area contributed by atoms with Gasteiger partial charge in [0.25, 0.3) is 5.91 Å². The van der Waals surface area contributed by atoms with Crippen molar-refractivity contribution in [2.45, 2.75) is 6.42 Å². The summed E-state index contributed by atoms with van der Waals surface area (Å²) < 4.78 is 16.7. The topological polar surface area (TPSA) is 111 Å². The van der Waals surface area contributed by atoms with Crippen LogP contribution in [-0.2, 0) is 0 Å². The summed E-state index contributed by atoms with van der Waals surface area (Å²) in [6.07, 6.45) is 0.695. The molecule has 4 rings (SSSR count). The van der Waals surface area contributed by atoms with E-state index in [9.17, 15) is 14.9 Å². The van der Waals surface area contributed by atoms with Crippen LogP contribution in [0.5, 0.6) is 11.5 Å². The number of thiazole rings is 1. The molecule has 1 aliphatic rings. The third-order valence-electron chi connectivity index (χ3n) is 4.32. The monoisotopic (exact) mass is 453 g/mol. The summed E-state index contributed by atoms with van der Waals surface area (Å²) in [6, 6.07) is 6.09. The number of furan rings is 1. The second-order valence-electron chi connectivity index (χ2n) is 6.68. The van der Waals surface area contributed by atoms with E-state index in [1.165, 1.54) is 28.4 Å². The number of carbonyl (C=O) groups is 1. The molecule has 0 saturated carbocycles. The van der Waals surface area contributed by atoms with Crippen LogP contribution < -0.4 is 26.8 Å². The van der Waals surface area contributed by atoms with E-state index in [0.29, 0.717) is 35.1 Å². The summed E-state index contributed by atoms with van der Waals surface area (Å²) in [7, 11) is 3.89. The molecule has 0 bridgehead atoms. The average molecular weight is 454 g/mol. The maximum Gasteiger partial charge on any atom is 0.433 e. The van der Waals surface area contributed by atoms with Crippen LogP contribution in [0.4, 0.5) is 11.0 Å². The molecule has 3 aromatic rings. The molecule has 0 unspecified atom stereocenters. The summed E-state index contributed by atoms with van der Waals surface area (Å²) >= 11 is 1.34. The van der Waals surface area contributed by atoms with Gasteiger partial charge in [0.1, 0.15) is 4.92 Å². The fourth-order valence-corrected chi connectivity index (χ4v) is 3.92. The van der Waals surface area contributed by atoms with Crippen molar-refractivity contribution in [1.82, 2.24) is 9.88 Å². The third-order valence-corrected chi connectivity index (χ3v) is 5.36. The summed E-state index contributed by atoms with van der Waals surface area (Å²) in [6.45, 7) is 1.33. The van der Waals surface area contributed by atoms with Crippen molar-refractivity contribution in [2.75, 3.05) is 38.9 Å². The van der Waals surface area contributed by atoms with E-state index in [1.54, 1.807) is 6.07 Å². The lowest BCUT2D eigenvalue weighted by Crippen LogP contribution is -3.00. The standard InChI is InChI=1S/C18H18N4O6S.ClH/c1-20(2)6-3-7-21(17(23)12-4-5-16(28-12)22(24)25)18-19-11-8-13-14(27-10-26-13)9-15(11)29-18;/h4-5,8-9H,3,6-7,10H2,1-2H3;1H/p-1. The first-order valence-corrected chi connectivity index (χ1v) is 9.65. The summed E-state index contributed by atoms with van der Waals surface area (Å²) in [4.78, 5) is 31.3. The van der Waals surface area contributed by atoms with Crippen molar-refractivity contribution in [2.24, 2.45) is 0 Å². The fourth-order valence-electron chi connectivity index (χ4n) is 2.92. The Morgan fingerprint density at radius 1 is 1.23 bits per heavy atom. The van der Waals surface area contributed by atoms with Crippen molar-refractivity contribution in [1.29, 1.82) is 0 Å². The first kappa shape index (κ1) is 21.8. The quantitative estimate of drug-likeness (QED) is 0.366. The summed E-state index contributed by atoms with van der Waals surface area (Å²) in [5, 5.41) is 11.4. The van der Waals surface area contributed by atoms with Crippen LogP contribution in [0.2, 0.25) is 0 Å². The number of aromatic nitrogens is 1. The second-order valence-corrected chi connectivity index (χ2v) is 7.69. The molecule has 3 heterocycles. The molecule has 10 nitrogen and oxygen atoms in total. The number of anilines is 1. The minimum absolute atomic E-state index is 0. The zero-order valence-electron chi connectivity index (χ0n) is 16.2. The van der Waals surface area contributed by atoms with Gasteiger partial charge in [0.2, 0.25) is 6.79 Å². The Labute approximate surface area is 181 Å². The van der Waals surface area contributed by atoms with Gasteiger partial charge in [-0.1, -0.05) is 11.3 Å². The molecule has 0 aliphatic carbocycles. The van der Waals surface area contributed by atoms with Crippen molar-refractivity contribution >= 4 is 38.5 Å². The number of hydrogen-bond acceptors (Lipinski definition) is 9. The summed E-state index contributed by atoms with van der Waals surface area (Å²) in [5.74, 6) is 0.198. The molecule has 12 heteroatoms. The molecule has 0 N–H and O–H groups in total. The highest BCUT2D eigenvalue weighted by Crippen LogP contribution is 2.40. The van der Waals surface area contributed by atoms with Gasteiger partial charge >= 0.3 is 5.88 Å². The first-order chi connectivity index (χ1) is 13.9. The zero-order valence-corrected chi connectivity index (χ0v) is 17.7. The van der Waals surface area contributed by atoms with Gasteiger partial charge in [0, 0.05) is 18.7 Å².